The van der Waals surface area contributed by atoms with E-state index in [2.05, 4.69) is 10.3 Å². The van der Waals surface area contributed by atoms with Crippen molar-refractivity contribution in [3.8, 4) is 22.5 Å². The van der Waals surface area contributed by atoms with Gasteiger partial charge in [-0.3, -0.25) is 4.79 Å². The molecule has 0 spiro atoms. The number of hydrogen-bond acceptors (Lipinski definition) is 5. The maximum absolute atomic E-state index is 13.4. The van der Waals surface area contributed by atoms with E-state index in [9.17, 15) is 13.6 Å². The lowest BCUT2D eigenvalue weighted by Gasteiger charge is -2.04. The molecule has 0 aliphatic heterocycles. The van der Waals surface area contributed by atoms with Gasteiger partial charge in [0.1, 0.15) is 34.5 Å². The average molecular weight is 380 g/mol. The molecule has 0 aliphatic carbocycles. The smallest absolute Gasteiger partial charge is 0.204 e. The van der Waals surface area contributed by atoms with Gasteiger partial charge in [-0.25, -0.2) is 8.78 Å². The van der Waals surface area contributed by atoms with Gasteiger partial charge in [0.25, 0.3) is 0 Å². The molecule has 5 nitrogen and oxygen atoms in total. The lowest BCUT2D eigenvalue weighted by molar-refractivity contribution is 0.103. The summed E-state index contributed by atoms with van der Waals surface area (Å²) in [5.74, 6) is -0.559. The average Bonchev–Trinajstić information content (AvgIpc) is 3.25. The Balaban J connectivity index is 1.84. The number of nitrogens with zero attached hydrogens (tertiary/aromatic N) is 2. The summed E-state index contributed by atoms with van der Waals surface area (Å²) < 4.78 is 37.0. The third-order valence-corrected chi connectivity index (χ3v) is 4.41. The van der Waals surface area contributed by atoms with Crippen LogP contribution in [0.3, 0.4) is 0 Å². The van der Waals surface area contributed by atoms with Gasteiger partial charge in [-0.2, -0.15) is 0 Å². The van der Waals surface area contributed by atoms with Crippen molar-refractivity contribution in [1.29, 1.82) is 0 Å². The summed E-state index contributed by atoms with van der Waals surface area (Å²) in [5, 5.41) is 7.94. The monoisotopic (exact) mass is 380 g/mol. The lowest BCUT2D eigenvalue weighted by atomic mass is 9.95. The number of rotatable bonds is 4. The number of carbonyl (C=O) groups excluding carboxylic acids is 1. The third kappa shape index (κ3) is 3.00. The Morgan fingerprint density at radius 1 is 0.714 bits per heavy atom. The van der Waals surface area contributed by atoms with Crippen LogP contribution >= 0.6 is 0 Å². The molecule has 2 aromatic heterocycles. The first-order chi connectivity index (χ1) is 13.5. The van der Waals surface area contributed by atoms with Crippen LogP contribution in [0.25, 0.3) is 22.5 Å². The summed E-state index contributed by atoms with van der Waals surface area (Å²) in [6, 6.07) is 11.2. The van der Waals surface area contributed by atoms with Gasteiger partial charge in [0, 0.05) is 11.1 Å². The molecule has 4 aromatic rings. The van der Waals surface area contributed by atoms with Crippen LogP contribution in [0.1, 0.15) is 27.4 Å². The Bertz CT molecular complexity index is 1070. The Morgan fingerprint density at radius 3 is 1.43 bits per heavy atom. The van der Waals surface area contributed by atoms with Gasteiger partial charge in [-0.05, 0) is 62.4 Å². The maximum atomic E-state index is 13.4. The number of hydrogen-bond donors (Lipinski definition) is 0. The van der Waals surface area contributed by atoms with E-state index in [1.807, 2.05) is 0 Å². The van der Waals surface area contributed by atoms with Crippen LogP contribution in [0.4, 0.5) is 8.78 Å². The minimum absolute atomic E-state index is 0.237. The van der Waals surface area contributed by atoms with E-state index < -0.39 is 17.4 Å². The molecule has 0 radical (unpaired) electrons. The molecule has 2 heterocycles. The summed E-state index contributed by atoms with van der Waals surface area (Å²) >= 11 is 0. The second-order valence-electron chi connectivity index (χ2n) is 6.27. The van der Waals surface area contributed by atoms with Gasteiger partial charge in [0.05, 0.1) is 11.1 Å². The largest absolute Gasteiger partial charge is 0.360 e. The molecule has 4 rings (SSSR count). The number of aryl methyl sites for hydroxylation is 2. The van der Waals surface area contributed by atoms with Gasteiger partial charge in [0.2, 0.25) is 5.78 Å². The molecule has 0 N–H and O–H groups in total. The van der Waals surface area contributed by atoms with Crippen molar-refractivity contribution in [1.82, 2.24) is 10.3 Å². The predicted octanol–water partition coefficient (Wildman–Crippen LogP) is 5.12. The summed E-state index contributed by atoms with van der Waals surface area (Å²) in [7, 11) is 0. The quantitative estimate of drug-likeness (QED) is 0.460. The fourth-order valence-electron chi connectivity index (χ4n) is 3.01. The highest BCUT2D eigenvalue weighted by Gasteiger charge is 2.29. The molecule has 2 aromatic carbocycles. The predicted molar refractivity (Wildman–Crippen MR) is 96.7 cm³/mol. The van der Waals surface area contributed by atoms with Crippen molar-refractivity contribution in [2.45, 2.75) is 13.8 Å². The molecule has 0 saturated heterocycles. The van der Waals surface area contributed by atoms with Crippen molar-refractivity contribution in [3.05, 3.63) is 82.8 Å². The first kappa shape index (κ1) is 17.8. The number of benzene rings is 2. The van der Waals surface area contributed by atoms with Crippen molar-refractivity contribution in [3.63, 3.8) is 0 Å². The minimum atomic E-state index is -0.398. The van der Waals surface area contributed by atoms with Crippen molar-refractivity contribution in [2.75, 3.05) is 0 Å². The van der Waals surface area contributed by atoms with E-state index >= 15 is 0 Å². The van der Waals surface area contributed by atoms with Crippen LogP contribution in [-0.4, -0.2) is 16.1 Å². The molecular weight excluding hydrogens is 366 g/mol. The minimum Gasteiger partial charge on any atom is -0.360 e. The van der Waals surface area contributed by atoms with Crippen LogP contribution in [-0.2, 0) is 0 Å². The molecule has 140 valence electrons. The van der Waals surface area contributed by atoms with E-state index in [1.54, 1.807) is 13.8 Å². The van der Waals surface area contributed by atoms with E-state index in [0.29, 0.717) is 34.0 Å². The first-order valence-corrected chi connectivity index (χ1v) is 8.45. The fourth-order valence-corrected chi connectivity index (χ4v) is 3.01. The van der Waals surface area contributed by atoms with E-state index in [0.717, 1.165) is 0 Å². The second kappa shape index (κ2) is 6.84. The molecule has 0 aliphatic rings. The SMILES string of the molecule is Cc1onc(-c2ccc(F)cc2)c1C(=O)c1c(-c2ccc(F)cc2)noc1C. The lowest BCUT2D eigenvalue weighted by Crippen LogP contribution is -2.06. The van der Waals surface area contributed by atoms with Gasteiger partial charge in [0.15, 0.2) is 0 Å². The molecular formula is C21H14F2N2O3. The molecule has 0 saturated carbocycles. The molecule has 0 fully saturated rings. The summed E-state index contributed by atoms with van der Waals surface area (Å²) in [5.41, 5.74) is 2.15. The van der Waals surface area contributed by atoms with Crippen molar-refractivity contribution < 1.29 is 22.6 Å². The maximum Gasteiger partial charge on any atom is 0.204 e. The second-order valence-corrected chi connectivity index (χ2v) is 6.27. The summed E-state index contributed by atoms with van der Waals surface area (Å²) in [6.45, 7) is 3.24. The van der Waals surface area contributed by atoms with E-state index in [4.69, 9.17) is 9.05 Å². The highest BCUT2D eigenvalue weighted by molar-refractivity contribution is 6.16. The van der Waals surface area contributed by atoms with E-state index in [-0.39, 0.29) is 11.1 Å². The van der Waals surface area contributed by atoms with E-state index in [1.165, 1.54) is 48.5 Å². The first-order valence-electron chi connectivity index (χ1n) is 8.45. The normalized spacial score (nSPS) is 11.0. The van der Waals surface area contributed by atoms with Gasteiger partial charge in [-0.1, -0.05) is 10.3 Å². The Kier molecular flexibility index (Phi) is 4.35. The Labute approximate surface area is 158 Å². The molecule has 0 atom stereocenters. The van der Waals surface area contributed by atoms with Gasteiger partial charge in [-0.15, -0.1) is 0 Å². The van der Waals surface area contributed by atoms with Gasteiger partial charge < -0.3 is 9.05 Å². The standard InChI is InChI=1S/C21H14F2N2O3/c1-11-17(19(24-27-11)13-3-7-15(22)8-4-13)21(26)18-12(2)28-25-20(18)14-5-9-16(23)10-6-14/h3-10H,1-2H3. The van der Waals surface area contributed by atoms with Gasteiger partial charge >= 0.3 is 0 Å². The van der Waals surface area contributed by atoms with Crippen molar-refractivity contribution >= 4 is 5.78 Å². The zero-order valence-electron chi connectivity index (χ0n) is 15.0. The molecule has 28 heavy (non-hydrogen) atoms. The molecule has 0 bridgehead atoms. The Hall–Kier alpha value is -3.61. The third-order valence-electron chi connectivity index (χ3n) is 4.41. The van der Waals surface area contributed by atoms with Crippen LogP contribution < -0.4 is 0 Å². The fraction of sp³-hybridized carbons (Fsp3) is 0.0952. The zero-order chi connectivity index (χ0) is 19.8. The zero-order valence-corrected chi connectivity index (χ0v) is 15.0. The molecule has 0 amide bonds. The number of aromatic nitrogens is 2. The molecule has 0 unspecified atom stereocenters. The van der Waals surface area contributed by atoms with Crippen LogP contribution in [0.5, 0.6) is 0 Å². The highest BCUT2D eigenvalue weighted by Crippen LogP contribution is 2.32. The number of ketones is 1. The van der Waals surface area contributed by atoms with Crippen LogP contribution in [0.15, 0.2) is 57.6 Å². The van der Waals surface area contributed by atoms with Crippen LogP contribution in [0.2, 0.25) is 0 Å². The number of halogens is 2. The van der Waals surface area contributed by atoms with Crippen molar-refractivity contribution in [2.24, 2.45) is 0 Å². The topological polar surface area (TPSA) is 69.1 Å². The summed E-state index contributed by atoms with van der Waals surface area (Å²) in [6.07, 6.45) is 0. The summed E-state index contributed by atoms with van der Waals surface area (Å²) in [4.78, 5) is 13.4. The van der Waals surface area contributed by atoms with Crippen LogP contribution in [0, 0.1) is 25.5 Å². The number of carbonyl (C=O) groups is 1. The molecule has 7 heteroatoms. The highest BCUT2D eigenvalue weighted by atomic mass is 19.1. The Morgan fingerprint density at radius 2 is 1.07 bits per heavy atom.